The van der Waals surface area contributed by atoms with Gasteiger partial charge in [0, 0.05) is 4.47 Å². The Bertz CT molecular complexity index is 728. The highest BCUT2D eigenvalue weighted by Gasteiger charge is 2.12. The third-order valence-electron chi connectivity index (χ3n) is 3.24. The van der Waals surface area contributed by atoms with Crippen molar-refractivity contribution in [1.29, 1.82) is 0 Å². The summed E-state index contributed by atoms with van der Waals surface area (Å²) in [6, 6.07) is 11.9. The zero-order valence-corrected chi connectivity index (χ0v) is 14.8. The lowest BCUT2D eigenvalue weighted by molar-refractivity contribution is -0.115. The lowest BCUT2D eigenvalue weighted by atomic mass is 10.1. The number of anilines is 1. The van der Waals surface area contributed by atoms with Crippen molar-refractivity contribution in [3.05, 3.63) is 58.1 Å². The van der Waals surface area contributed by atoms with Crippen LogP contribution in [0, 0.1) is 0 Å². The molecule has 2 rings (SSSR count). The molecule has 0 radical (unpaired) electrons. The fourth-order valence-corrected chi connectivity index (χ4v) is 2.34. The van der Waals surface area contributed by atoms with Gasteiger partial charge in [0.2, 0.25) is 5.91 Å². The molecule has 6 heteroatoms. The quantitative estimate of drug-likeness (QED) is 0.744. The van der Waals surface area contributed by atoms with Crippen molar-refractivity contribution >= 4 is 33.5 Å². The number of carboxylic acids is 1. The van der Waals surface area contributed by atoms with Gasteiger partial charge in [-0.05, 0) is 42.3 Å². The van der Waals surface area contributed by atoms with Crippen LogP contribution >= 0.6 is 15.9 Å². The summed E-state index contributed by atoms with van der Waals surface area (Å²) in [5, 5.41) is 11.9. The van der Waals surface area contributed by atoms with Crippen molar-refractivity contribution in [1.82, 2.24) is 0 Å². The van der Waals surface area contributed by atoms with E-state index in [1.807, 2.05) is 31.2 Å². The number of nitrogens with one attached hydrogen (secondary N) is 1. The topological polar surface area (TPSA) is 75.6 Å². The van der Waals surface area contributed by atoms with E-state index < -0.39 is 5.97 Å². The Morgan fingerprint density at radius 1 is 1.17 bits per heavy atom. The molecular formula is C18H18BrNO4. The van der Waals surface area contributed by atoms with E-state index in [4.69, 9.17) is 9.84 Å². The first-order valence-corrected chi connectivity index (χ1v) is 8.33. The van der Waals surface area contributed by atoms with Crippen LogP contribution in [0.5, 0.6) is 5.75 Å². The Balaban J connectivity index is 2.15. The number of amides is 1. The van der Waals surface area contributed by atoms with Crippen LogP contribution in [-0.2, 0) is 11.2 Å². The summed E-state index contributed by atoms with van der Waals surface area (Å²) in [6.07, 6.45) is 1.00. The Morgan fingerprint density at radius 3 is 2.50 bits per heavy atom. The van der Waals surface area contributed by atoms with Crippen LogP contribution in [0.4, 0.5) is 5.69 Å². The second kappa shape index (κ2) is 8.49. The Labute approximate surface area is 148 Å². The molecule has 0 saturated heterocycles. The van der Waals surface area contributed by atoms with E-state index in [9.17, 15) is 9.59 Å². The molecule has 5 nitrogen and oxygen atoms in total. The van der Waals surface area contributed by atoms with E-state index in [2.05, 4.69) is 21.2 Å². The number of carboxylic acid groups (broad SMARTS) is 1. The summed E-state index contributed by atoms with van der Waals surface area (Å²) in [6.45, 7) is 2.46. The molecule has 0 aromatic heterocycles. The normalized spacial score (nSPS) is 10.2. The summed E-state index contributed by atoms with van der Waals surface area (Å²) in [5.41, 5.74) is 1.32. The van der Waals surface area contributed by atoms with E-state index in [0.29, 0.717) is 18.0 Å². The van der Waals surface area contributed by atoms with Gasteiger partial charge >= 0.3 is 5.97 Å². The summed E-state index contributed by atoms with van der Waals surface area (Å²) in [4.78, 5) is 23.4. The highest BCUT2D eigenvalue weighted by molar-refractivity contribution is 9.10. The molecule has 0 heterocycles. The van der Waals surface area contributed by atoms with Gasteiger partial charge < -0.3 is 15.2 Å². The molecule has 0 aliphatic rings. The summed E-state index contributed by atoms with van der Waals surface area (Å²) in [5.74, 6) is -0.826. The summed E-state index contributed by atoms with van der Waals surface area (Å²) < 4.78 is 6.51. The van der Waals surface area contributed by atoms with Gasteiger partial charge in [-0.15, -0.1) is 0 Å². The molecule has 0 atom stereocenters. The van der Waals surface area contributed by atoms with E-state index in [-0.39, 0.29) is 17.9 Å². The number of rotatable bonds is 7. The highest BCUT2D eigenvalue weighted by Crippen LogP contribution is 2.26. The molecule has 0 saturated carbocycles. The number of hydrogen-bond donors (Lipinski definition) is 2. The predicted molar refractivity (Wildman–Crippen MR) is 95.7 cm³/mol. The molecular weight excluding hydrogens is 374 g/mol. The van der Waals surface area contributed by atoms with Gasteiger partial charge in [-0.3, -0.25) is 4.79 Å². The zero-order chi connectivity index (χ0) is 17.5. The molecule has 2 N–H and O–H groups in total. The van der Waals surface area contributed by atoms with Gasteiger partial charge in [-0.2, -0.15) is 0 Å². The Kier molecular flexibility index (Phi) is 6.37. The number of benzene rings is 2. The fraction of sp³-hybridized carbons (Fsp3) is 0.222. The van der Waals surface area contributed by atoms with Crippen LogP contribution in [0.15, 0.2) is 46.9 Å². The van der Waals surface area contributed by atoms with Gasteiger partial charge in [-0.25, -0.2) is 4.79 Å². The van der Waals surface area contributed by atoms with Crippen LogP contribution in [0.3, 0.4) is 0 Å². The first-order chi connectivity index (χ1) is 11.5. The Hall–Kier alpha value is -2.34. The first kappa shape index (κ1) is 18.0. The molecule has 24 heavy (non-hydrogen) atoms. The SMILES string of the molecule is CCCOc1ccc(C(=O)O)cc1NC(=O)Cc1ccc(Br)cc1. The van der Waals surface area contributed by atoms with Crippen LogP contribution in [0.2, 0.25) is 0 Å². The Morgan fingerprint density at radius 2 is 1.88 bits per heavy atom. The third-order valence-corrected chi connectivity index (χ3v) is 3.77. The molecule has 0 fully saturated rings. The maximum Gasteiger partial charge on any atom is 0.335 e. The van der Waals surface area contributed by atoms with Gasteiger partial charge in [-0.1, -0.05) is 35.0 Å². The lowest BCUT2D eigenvalue weighted by Gasteiger charge is -2.13. The minimum Gasteiger partial charge on any atom is -0.491 e. The van der Waals surface area contributed by atoms with E-state index in [1.165, 1.54) is 12.1 Å². The van der Waals surface area contributed by atoms with Crippen molar-refractivity contribution in [2.24, 2.45) is 0 Å². The van der Waals surface area contributed by atoms with Crippen LogP contribution in [-0.4, -0.2) is 23.6 Å². The number of aromatic carboxylic acids is 1. The van der Waals surface area contributed by atoms with Crippen molar-refractivity contribution in [2.75, 3.05) is 11.9 Å². The lowest BCUT2D eigenvalue weighted by Crippen LogP contribution is -2.16. The number of halogens is 1. The maximum absolute atomic E-state index is 12.2. The van der Waals surface area contributed by atoms with Crippen molar-refractivity contribution in [2.45, 2.75) is 19.8 Å². The van der Waals surface area contributed by atoms with Crippen molar-refractivity contribution in [3.8, 4) is 5.75 Å². The molecule has 0 unspecified atom stereocenters. The van der Waals surface area contributed by atoms with Gasteiger partial charge in [0.25, 0.3) is 0 Å². The third kappa shape index (κ3) is 5.09. The van der Waals surface area contributed by atoms with Gasteiger partial charge in [0.15, 0.2) is 0 Å². The van der Waals surface area contributed by atoms with E-state index in [0.717, 1.165) is 16.5 Å². The van der Waals surface area contributed by atoms with Crippen LogP contribution < -0.4 is 10.1 Å². The maximum atomic E-state index is 12.2. The highest BCUT2D eigenvalue weighted by atomic mass is 79.9. The smallest absolute Gasteiger partial charge is 0.335 e. The van der Waals surface area contributed by atoms with Crippen molar-refractivity contribution < 1.29 is 19.4 Å². The van der Waals surface area contributed by atoms with Crippen molar-refractivity contribution in [3.63, 3.8) is 0 Å². The largest absolute Gasteiger partial charge is 0.491 e. The molecule has 126 valence electrons. The molecule has 2 aromatic carbocycles. The molecule has 0 bridgehead atoms. The average molecular weight is 392 g/mol. The summed E-state index contributed by atoms with van der Waals surface area (Å²) in [7, 11) is 0. The number of carbonyl (C=O) groups is 2. The van der Waals surface area contributed by atoms with Crippen LogP contribution in [0.1, 0.15) is 29.3 Å². The first-order valence-electron chi connectivity index (χ1n) is 7.54. The standard InChI is InChI=1S/C18H18BrNO4/c1-2-9-24-16-8-5-13(18(22)23)11-15(16)20-17(21)10-12-3-6-14(19)7-4-12/h3-8,11H,2,9-10H2,1H3,(H,20,21)(H,22,23). The zero-order valence-electron chi connectivity index (χ0n) is 13.2. The second-order valence-corrected chi connectivity index (χ2v) is 6.13. The second-order valence-electron chi connectivity index (χ2n) is 5.22. The number of ether oxygens (including phenoxy) is 1. The average Bonchev–Trinajstić information content (AvgIpc) is 2.55. The van der Waals surface area contributed by atoms with Gasteiger partial charge in [0.1, 0.15) is 5.75 Å². The predicted octanol–water partition coefficient (Wildman–Crippen LogP) is 4.12. The molecule has 1 amide bonds. The number of carbonyl (C=O) groups excluding carboxylic acids is 1. The minimum absolute atomic E-state index is 0.0952. The van der Waals surface area contributed by atoms with E-state index >= 15 is 0 Å². The molecule has 0 spiro atoms. The summed E-state index contributed by atoms with van der Waals surface area (Å²) >= 11 is 3.35. The monoisotopic (exact) mass is 391 g/mol. The number of hydrogen-bond acceptors (Lipinski definition) is 3. The molecule has 2 aromatic rings. The fourth-order valence-electron chi connectivity index (χ4n) is 2.08. The van der Waals surface area contributed by atoms with Crippen LogP contribution in [0.25, 0.3) is 0 Å². The molecule has 0 aliphatic carbocycles. The minimum atomic E-state index is -1.06. The van der Waals surface area contributed by atoms with Gasteiger partial charge in [0.05, 0.1) is 24.3 Å². The molecule has 0 aliphatic heterocycles. The van der Waals surface area contributed by atoms with E-state index in [1.54, 1.807) is 6.07 Å².